The van der Waals surface area contributed by atoms with Gasteiger partial charge in [0.1, 0.15) is 11.2 Å². The van der Waals surface area contributed by atoms with Crippen molar-refractivity contribution in [1.82, 2.24) is 0 Å². The minimum atomic E-state index is -0.0537. The Morgan fingerprint density at radius 1 is 0.516 bits per heavy atom. The largest absolute Gasteiger partial charge is 0.456 e. The highest BCUT2D eigenvalue weighted by Gasteiger charge is 2.57. The van der Waals surface area contributed by atoms with Crippen LogP contribution in [0.5, 0.6) is 0 Å². The molecule has 2 unspecified atom stereocenters. The Labute approximate surface area is 379 Å². The van der Waals surface area contributed by atoms with Crippen LogP contribution < -0.4 is 31.1 Å². The van der Waals surface area contributed by atoms with E-state index < -0.39 is 0 Å². The second-order valence-electron chi connectivity index (χ2n) is 21.8. The summed E-state index contributed by atoms with van der Waals surface area (Å²) in [5.41, 5.74) is 21.1. The molecule has 3 aliphatic heterocycles. The number of anilines is 8. The third kappa shape index (κ3) is 5.49. The van der Waals surface area contributed by atoms with E-state index in [0.29, 0.717) is 0 Å². The lowest BCUT2D eigenvalue weighted by Crippen LogP contribution is -2.61. The lowest BCUT2D eigenvalue weighted by Gasteiger charge is -2.50. The first-order chi connectivity index (χ1) is 30.6. The average molecular weight is 836 g/mol. The van der Waals surface area contributed by atoms with E-state index in [1.165, 1.54) is 97.7 Å². The molecule has 12 rings (SSSR count). The fraction of sp³-hybridized carbons (Fsp3) is 0.288. The molecule has 7 aromatic carbocycles. The van der Waals surface area contributed by atoms with E-state index in [9.17, 15) is 0 Å². The van der Waals surface area contributed by atoms with Crippen molar-refractivity contribution in [3.8, 4) is 0 Å². The number of para-hydroxylation sites is 2. The highest BCUT2D eigenvalue weighted by atomic mass is 16.3. The van der Waals surface area contributed by atoms with Gasteiger partial charge in [-0.1, -0.05) is 128 Å². The Morgan fingerprint density at radius 3 is 1.91 bits per heavy atom. The molecular weight excluding hydrogens is 777 g/mol. The second kappa shape index (κ2) is 13.4. The third-order valence-corrected chi connectivity index (χ3v) is 15.9. The predicted octanol–water partition coefficient (Wildman–Crippen LogP) is 14.3. The topological polar surface area (TPSA) is 22.9 Å². The van der Waals surface area contributed by atoms with Gasteiger partial charge in [-0.05, 0) is 149 Å². The molecular formula is C59H58BN3O. The normalized spacial score (nSPS) is 20.0. The van der Waals surface area contributed by atoms with Gasteiger partial charge in [-0.25, -0.2) is 0 Å². The molecule has 0 bridgehead atoms. The van der Waals surface area contributed by atoms with E-state index in [2.05, 4.69) is 217 Å². The van der Waals surface area contributed by atoms with Gasteiger partial charge < -0.3 is 19.1 Å². The van der Waals surface area contributed by atoms with E-state index in [4.69, 9.17) is 4.42 Å². The first-order valence-electron chi connectivity index (χ1n) is 23.6. The van der Waals surface area contributed by atoms with Crippen molar-refractivity contribution in [1.29, 1.82) is 0 Å². The number of nitrogens with zero attached hydrogens (tertiary/aromatic N) is 3. The predicted molar refractivity (Wildman–Crippen MR) is 273 cm³/mol. The summed E-state index contributed by atoms with van der Waals surface area (Å²) < 4.78 is 6.44. The maximum Gasteiger partial charge on any atom is 0.252 e. The molecule has 4 heterocycles. The zero-order chi connectivity index (χ0) is 44.1. The Morgan fingerprint density at radius 2 is 1.14 bits per heavy atom. The van der Waals surface area contributed by atoms with Gasteiger partial charge in [0, 0.05) is 61.7 Å². The lowest BCUT2D eigenvalue weighted by molar-refractivity contribution is 0.195. The Hall–Kier alpha value is -6.20. The van der Waals surface area contributed by atoms with Gasteiger partial charge in [0.25, 0.3) is 6.71 Å². The molecule has 0 saturated heterocycles. The van der Waals surface area contributed by atoms with Crippen LogP contribution in [0.25, 0.3) is 21.9 Å². The van der Waals surface area contributed by atoms with Crippen LogP contribution in [0, 0.1) is 6.92 Å². The van der Waals surface area contributed by atoms with Crippen molar-refractivity contribution in [2.45, 2.75) is 110 Å². The Bertz CT molecular complexity index is 3240. The molecule has 8 aromatic rings. The van der Waals surface area contributed by atoms with Crippen LogP contribution in [-0.2, 0) is 16.2 Å². The number of hydrogen-bond acceptors (Lipinski definition) is 4. The quantitative estimate of drug-likeness (QED) is 0.165. The summed E-state index contributed by atoms with van der Waals surface area (Å²) in [5.74, 6) is 0. The lowest BCUT2D eigenvalue weighted by atomic mass is 9.33. The second-order valence-corrected chi connectivity index (χ2v) is 21.8. The molecule has 2 atom stereocenters. The van der Waals surface area contributed by atoms with Crippen molar-refractivity contribution in [2.75, 3.05) is 14.7 Å². The van der Waals surface area contributed by atoms with Gasteiger partial charge in [0.2, 0.25) is 0 Å². The van der Waals surface area contributed by atoms with E-state index >= 15 is 0 Å². The first kappa shape index (κ1) is 39.4. The molecule has 0 amide bonds. The van der Waals surface area contributed by atoms with Crippen LogP contribution in [0.15, 0.2) is 144 Å². The smallest absolute Gasteiger partial charge is 0.252 e. The van der Waals surface area contributed by atoms with Gasteiger partial charge in [0.05, 0.1) is 5.54 Å². The number of fused-ring (bicyclic) bond motifs is 10. The summed E-state index contributed by atoms with van der Waals surface area (Å²) in [5, 5.41) is 2.27. The monoisotopic (exact) mass is 835 g/mol. The number of benzene rings is 7. The summed E-state index contributed by atoms with van der Waals surface area (Å²) >= 11 is 0. The van der Waals surface area contributed by atoms with Gasteiger partial charge in [0.15, 0.2) is 0 Å². The SMILES string of the molecule is Cc1cc2c3c(c1)N(c1cccc(C(C)(C)C)c1)c1cc(C(C)(C)C)ccc1B3c1ccc(N3c4ccccc4C4(C)CCCCC34C)cc1N2c1ccc2oc3ccccc3c2c1. The maximum absolute atomic E-state index is 6.44. The fourth-order valence-electron chi connectivity index (χ4n) is 12.3. The van der Waals surface area contributed by atoms with Gasteiger partial charge in [-0.15, -0.1) is 0 Å². The highest BCUT2D eigenvalue weighted by molar-refractivity contribution is 7.00. The molecule has 1 aromatic heterocycles. The number of rotatable bonds is 3. The van der Waals surface area contributed by atoms with Crippen LogP contribution >= 0.6 is 0 Å². The standard InChI is InChI=1S/C59H58BN3O/c1-37-31-51-55-52(32-37)62(41-25-28-54-44(35-41)43-19-10-13-22-53(43)64-54)50-36-42(63-48-21-12-11-20-45(48)58(8)29-14-15-30-59(58,63)9)24-27-47(50)60(55)46-26-23-39(57(5,6)7)34-49(46)61(51)40-18-16-17-38(33-40)56(2,3)4/h10-13,16-28,31-36H,14-15,29-30H2,1-9H3. The van der Waals surface area contributed by atoms with Crippen molar-refractivity contribution in [2.24, 2.45) is 0 Å². The highest BCUT2D eigenvalue weighted by Crippen LogP contribution is 2.61. The summed E-state index contributed by atoms with van der Waals surface area (Å²) in [6, 6.07) is 53.5. The molecule has 64 heavy (non-hydrogen) atoms. The molecule has 5 heteroatoms. The number of hydrogen-bond donors (Lipinski definition) is 0. The van der Waals surface area contributed by atoms with E-state index in [0.717, 1.165) is 34.0 Å². The molecule has 1 saturated carbocycles. The number of aryl methyl sites for hydroxylation is 1. The van der Waals surface area contributed by atoms with E-state index in [1.807, 2.05) is 0 Å². The molecule has 0 radical (unpaired) electrons. The first-order valence-corrected chi connectivity index (χ1v) is 23.6. The summed E-state index contributed by atoms with van der Waals surface area (Å²) in [6.45, 7) is 21.3. The van der Waals surface area contributed by atoms with Crippen molar-refractivity contribution >= 4 is 90.5 Å². The zero-order valence-electron chi connectivity index (χ0n) is 38.9. The average Bonchev–Trinajstić information content (AvgIpc) is 3.74. The Kier molecular flexibility index (Phi) is 8.26. The molecule has 1 fully saturated rings. The van der Waals surface area contributed by atoms with E-state index in [-0.39, 0.29) is 28.5 Å². The maximum atomic E-state index is 6.44. The van der Waals surface area contributed by atoms with Crippen LogP contribution in [0.2, 0.25) is 0 Å². The minimum Gasteiger partial charge on any atom is -0.456 e. The minimum absolute atomic E-state index is 0.00177. The van der Waals surface area contributed by atoms with Crippen LogP contribution in [0.4, 0.5) is 45.5 Å². The third-order valence-electron chi connectivity index (χ3n) is 15.9. The van der Waals surface area contributed by atoms with Gasteiger partial charge >= 0.3 is 0 Å². The van der Waals surface area contributed by atoms with Crippen LogP contribution in [-0.4, -0.2) is 12.3 Å². The Balaban J connectivity index is 1.16. The molecule has 4 aliphatic rings. The molecule has 1 aliphatic carbocycles. The van der Waals surface area contributed by atoms with Gasteiger partial charge in [-0.2, -0.15) is 0 Å². The summed E-state index contributed by atoms with van der Waals surface area (Å²) in [7, 11) is 0. The van der Waals surface area contributed by atoms with Crippen molar-refractivity contribution in [3.63, 3.8) is 0 Å². The van der Waals surface area contributed by atoms with Gasteiger partial charge in [-0.3, -0.25) is 0 Å². The van der Waals surface area contributed by atoms with Crippen LogP contribution in [0.1, 0.15) is 103 Å². The van der Waals surface area contributed by atoms with Crippen molar-refractivity contribution in [3.05, 3.63) is 162 Å². The summed E-state index contributed by atoms with van der Waals surface area (Å²) in [4.78, 5) is 7.90. The van der Waals surface area contributed by atoms with E-state index in [1.54, 1.807) is 0 Å². The zero-order valence-corrected chi connectivity index (χ0v) is 38.9. The number of furan rings is 1. The molecule has 318 valence electrons. The summed E-state index contributed by atoms with van der Waals surface area (Å²) in [6.07, 6.45) is 4.87. The van der Waals surface area contributed by atoms with Crippen LogP contribution in [0.3, 0.4) is 0 Å². The molecule has 4 nitrogen and oxygen atoms in total. The van der Waals surface area contributed by atoms with Crippen molar-refractivity contribution < 1.29 is 4.42 Å². The molecule has 0 N–H and O–H groups in total. The fourth-order valence-corrected chi connectivity index (χ4v) is 12.3. The molecule has 0 spiro atoms.